The zero-order valence-electron chi connectivity index (χ0n) is 10.0. The van der Waals surface area contributed by atoms with Gasteiger partial charge in [-0.1, -0.05) is 15.9 Å². The summed E-state index contributed by atoms with van der Waals surface area (Å²) in [6.07, 6.45) is 1.40. The molecule has 94 valence electrons. The van der Waals surface area contributed by atoms with Crippen molar-refractivity contribution in [2.75, 3.05) is 6.61 Å². The third-order valence-electron chi connectivity index (χ3n) is 2.74. The van der Waals surface area contributed by atoms with Gasteiger partial charge in [-0.15, -0.1) is 0 Å². The Morgan fingerprint density at radius 1 is 1.44 bits per heavy atom. The number of aromatic amines is 1. The number of esters is 1. The summed E-state index contributed by atoms with van der Waals surface area (Å²) < 4.78 is 5.76. The zero-order chi connectivity index (χ0) is 13.3. The second kappa shape index (κ2) is 4.94. The zero-order valence-corrected chi connectivity index (χ0v) is 11.6. The molecule has 2 rings (SSSR count). The fraction of sp³-hybridized carbons (Fsp3) is 0.231. The molecule has 18 heavy (non-hydrogen) atoms. The number of rotatable bonds is 2. The van der Waals surface area contributed by atoms with Crippen LogP contribution < -0.4 is 5.43 Å². The molecule has 5 heteroatoms. The van der Waals surface area contributed by atoms with E-state index in [9.17, 15) is 9.59 Å². The molecule has 0 bridgehead atoms. The van der Waals surface area contributed by atoms with Gasteiger partial charge in [0.2, 0.25) is 5.43 Å². The maximum atomic E-state index is 12.2. The van der Waals surface area contributed by atoms with Crippen LogP contribution in [0.25, 0.3) is 10.9 Å². The fourth-order valence-corrected chi connectivity index (χ4v) is 2.11. The lowest BCUT2D eigenvalue weighted by molar-refractivity contribution is 0.0524. The second-order valence-electron chi connectivity index (χ2n) is 3.85. The van der Waals surface area contributed by atoms with E-state index in [1.54, 1.807) is 19.1 Å². The number of carbonyl (C=O) groups excluding carboxylic acids is 1. The third kappa shape index (κ3) is 2.06. The van der Waals surface area contributed by atoms with E-state index in [0.717, 1.165) is 15.6 Å². The van der Waals surface area contributed by atoms with E-state index in [-0.39, 0.29) is 17.6 Å². The van der Waals surface area contributed by atoms with Crippen molar-refractivity contribution in [3.05, 3.63) is 44.2 Å². The lowest BCUT2D eigenvalue weighted by atomic mass is 10.1. The quantitative estimate of drug-likeness (QED) is 0.868. The first-order valence-electron chi connectivity index (χ1n) is 5.54. The van der Waals surface area contributed by atoms with Crippen molar-refractivity contribution in [2.45, 2.75) is 13.8 Å². The standard InChI is InChI=1S/C13H12BrNO3/c1-3-18-13(17)9-6-15-11-7(2)10(14)5-4-8(11)12(9)16/h4-6H,3H2,1-2H3,(H,15,16). The maximum Gasteiger partial charge on any atom is 0.343 e. The van der Waals surface area contributed by atoms with E-state index in [0.29, 0.717) is 5.39 Å². The molecule has 0 amide bonds. The van der Waals surface area contributed by atoms with Gasteiger partial charge in [0.25, 0.3) is 0 Å². The monoisotopic (exact) mass is 309 g/mol. The van der Waals surface area contributed by atoms with Crippen LogP contribution in [0.4, 0.5) is 0 Å². The molecule has 0 unspecified atom stereocenters. The Morgan fingerprint density at radius 2 is 2.17 bits per heavy atom. The molecule has 0 spiro atoms. The molecule has 0 aliphatic heterocycles. The third-order valence-corrected chi connectivity index (χ3v) is 3.60. The summed E-state index contributed by atoms with van der Waals surface area (Å²) in [5.74, 6) is -0.596. The number of ether oxygens (including phenoxy) is 1. The number of aromatic nitrogens is 1. The van der Waals surface area contributed by atoms with E-state index >= 15 is 0 Å². The van der Waals surface area contributed by atoms with Crippen LogP contribution in [0.15, 0.2) is 27.6 Å². The summed E-state index contributed by atoms with van der Waals surface area (Å²) in [7, 11) is 0. The van der Waals surface area contributed by atoms with Gasteiger partial charge in [-0.2, -0.15) is 0 Å². The van der Waals surface area contributed by atoms with Gasteiger partial charge in [0.15, 0.2) is 0 Å². The number of nitrogens with one attached hydrogen (secondary N) is 1. The molecule has 4 nitrogen and oxygen atoms in total. The Balaban J connectivity index is 2.70. The van der Waals surface area contributed by atoms with E-state index < -0.39 is 5.97 Å². The smallest absolute Gasteiger partial charge is 0.343 e. The molecule has 0 radical (unpaired) electrons. The first kappa shape index (κ1) is 12.8. The number of halogens is 1. The second-order valence-corrected chi connectivity index (χ2v) is 4.70. The van der Waals surface area contributed by atoms with Crippen LogP contribution in [0.3, 0.4) is 0 Å². The van der Waals surface area contributed by atoms with Crippen LogP contribution in [-0.2, 0) is 4.74 Å². The SMILES string of the molecule is CCOC(=O)c1c[nH]c2c(C)c(Br)ccc2c1=O. The minimum atomic E-state index is -0.596. The largest absolute Gasteiger partial charge is 0.462 e. The lowest BCUT2D eigenvalue weighted by Gasteiger charge is -2.06. The summed E-state index contributed by atoms with van der Waals surface area (Å²) in [6, 6.07) is 3.48. The van der Waals surface area contributed by atoms with Crippen molar-refractivity contribution in [1.29, 1.82) is 0 Å². The van der Waals surface area contributed by atoms with E-state index in [2.05, 4.69) is 20.9 Å². The van der Waals surface area contributed by atoms with Crippen molar-refractivity contribution in [2.24, 2.45) is 0 Å². The Labute approximate surface area is 112 Å². The van der Waals surface area contributed by atoms with Gasteiger partial charge in [-0.3, -0.25) is 4.79 Å². The van der Waals surface area contributed by atoms with Crippen molar-refractivity contribution in [3.8, 4) is 0 Å². The molecule has 0 fully saturated rings. The molecular weight excluding hydrogens is 298 g/mol. The fourth-order valence-electron chi connectivity index (χ4n) is 1.78. The van der Waals surface area contributed by atoms with Gasteiger partial charge in [0, 0.05) is 16.1 Å². The van der Waals surface area contributed by atoms with Crippen molar-refractivity contribution < 1.29 is 9.53 Å². The van der Waals surface area contributed by atoms with E-state index in [1.165, 1.54) is 6.20 Å². The Bertz CT molecular complexity index is 676. The average molecular weight is 310 g/mol. The number of benzene rings is 1. The van der Waals surface area contributed by atoms with Crippen LogP contribution in [0.1, 0.15) is 22.8 Å². The van der Waals surface area contributed by atoms with Crippen molar-refractivity contribution >= 4 is 32.8 Å². The molecule has 1 heterocycles. The topological polar surface area (TPSA) is 59.2 Å². The summed E-state index contributed by atoms with van der Waals surface area (Å²) in [5.41, 5.74) is 1.38. The number of hydrogen-bond acceptors (Lipinski definition) is 3. The minimum absolute atomic E-state index is 0.0334. The predicted molar refractivity (Wildman–Crippen MR) is 73.0 cm³/mol. The van der Waals surface area contributed by atoms with Crippen LogP contribution in [0, 0.1) is 6.92 Å². The van der Waals surface area contributed by atoms with E-state index in [1.807, 2.05) is 6.92 Å². The lowest BCUT2D eigenvalue weighted by Crippen LogP contribution is -2.18. The van der Waals surface area contributed by atoms with Gasteiger partial charge in [0.1, 0.15) is 5.56 Å². The maximum absolute atomic E-state index is 12.2. The van der Waals surface area contributed by atoms with Crippen LogP contribution in [-0.4, -0.2) is 17.6 Å². The van der Waals surface area contributed by atoms with Crippen LogP contribution >= 0.6 is 15.9 Å². The highest BCUT2D eigenvalue weighted by molar-refractivity contribution is 9.10. The Hall–Kier alpha value is -1.62. The Kier molecular flexibility index (Phi) is 3.52. The first-order valence-corrected chi connectivity index (χ1v) is 6.33. The van der Waals surface area contributed by atoms with E-state index in [4.69, 9.17) is 4.74 Å². The Morgan fingerprint density at radius 3 is 2.83 bits per heavy atom. The van der Waals surface area contributed by atoms with Gasteiger partial charge >= 0.3 is 5.97 Å². The van der Waals surface area contributed by atoms with Crippen LogP contribution in [0.5, 0.6) is 0 Å². The number of hydrogen-bond donors (Lipinski definition) is 1. The summed E-state index contributed by atoms with van der Waals surface area (Å²) in [6.45, 7) is 3.84. The normalized spacial score (nSPS) is 10.6. The molecule has 0 aliphatic rings. The summed E-state index contributed by atoms with van der Waals surface area (Å²) in [4.78, 5) is 26.8. The molecular formula is C13H12BrNO3. The van der Waals surface area contributed by atoms with Crippen molar-refractivity contribution in [1.82, 2.24) is 4.98 Å². The van der Waals surface area contributed by atoms with Crippen LogP contribution in [0.2, 0.25) is 0 Å². The molecule has 0 aliphatic carbocycles. The molecule has 1 aromatic carbocycles. The highest BCUT2D eigenvalue weighted by Gasteiger charge is 2.15. The summed E-state index contributed by atoms with van der Waals surface area (Å²) >= 11 is 3.40. The first-order chi connectivity index (χ1) is 8.56. The number of aryl methyl sites for hydroxylation is 1. The minimum Gasteiger partial charge on any atom is -0.462 e. The van der Waals surface area contributed by atoms with Gasteiger partial charge in [-0.25, -0.2) is 4.79 Å². The molecule has 0 saturated heterocycles. The van der Waals surface area contributed by atoms with Gasteiger partial charge in [0.05, 0.1) is 12.1 Å². The predicted octanol–water partition coefficient (Wildman–Crippen LogP) is 2.78. The van der Waals surface area contributed by atoms with Gasteiger partial charge < -0.3 is 9.72 Å². The highest BCUT2D eigenvalue weighted by atomic mass is 79.9. The number of H-pyrrole nitrogens is 1. The molecule has 2 aromatic rings. The molecule has 0 atom stereocenters. The highest BCUT2D eigenvalue weighted by Crippen LogP contribution is 2.22. The number of carbonyl (C=O) groups is 1. The number of fused-ring (bicyclic) bond motifs is 1. The number of pyridine rings is 1. The molecule has 1 N–H and O–H groups in total. The van der Waals surface area contributed by atoms with Crippen molar-refractivity contribution in [3.63, 3.8) is 0 Å². The average Bonchev–Trinajstić information content (AvgIpc) is 2.34. The molecule has 1 aromatic heterocycles. The van der Waals surface area contributed by atoms with Gasteiger partial charge in [-0.05, 0) is 31.5 Å². The molecule has 0 saturated carbocycles. The summed E-state index contributed by atoms with van der Waals surface area (Å²) in [5, 5.41) is 0.487.